The summed E-state index contributed by atoms with van der Waals surface area (Å²) in [4.78, 5) is 16.0. The number of aliphatic carboxylic acids is 1. The molecule has 0 saturated heterocycles. The van der Waals surface area contributed by atoms with Crippen LogP contribution in [0.1, 0.15) is 57.7 Å². The zero-order valence-electron chi connectivity index (χ0n) is 14.7. The summed E-state index contributed by atoms with van der Waals surface area (Å²) in [6.07, 6.45) is 7.89. The van der Waals surface area contributed by atoms with Gasteiger partial charge in [-0.25, -0.2) is 9.78 Å². The number of allylic oxidation sites excluding steroid dienone is 1. The Balaban J connectivity index is 2.09. The summed E-state index contributed by atoms with van der Waals surface area (Å²) in [6.45, 7) is 3.41. The Morgan fingerprint density at radius 1 is 1.12 bits per heavy atom. The molecule has 1 heterocycles. The highest BCUT2D eigenvalue weighted by Gasteiger charge is 2.22. The van der Waals surface area contributed by atoms with Gasteiger partial charge in [-0.15, -0.1) is 0 Å². The lowest BCUT2D eigenvalue weighted by molar-refractivity contribution is -0.132. The molecule has 3 rings (SSSR count). The normalized spacial score (nSPS) is 16.6. The molecule has 132 valence electrons. The molecule has 25 heavy (non-hydrogen) atoms. The zero-order valence-corrected chi connectivity index (χ0v) is 14.7. The minimum Gasteiger partial charge on any atom is -0.508 e. The van der Waals surface area contributed by atoms with Crippen LogP contribution in [0, 0.1) is 0 Å². The second-order valence-electron chi connectivity index (χ2n) is 6.75. The van der Waals surface area contributed by atoms with E-state index in [0.29, 0.717) is 22.9 Å². The van der Waals surface area contributed by atoms with E-state index in [4.69, 9.17) is 4.98 Å². The van der Waals surface area contributed by atoms with E-state index >= 15 is 0 Å². The average molecular weight is 340 g/mol. The minimum atomic E-state index is -0.920. The number of aromatic nitrogens is 2. The highest BCUT2D eigenvalue weighted by Crippen LogP contribution is 2.34. The fourth-order valence-corrected chi connectivity index (χ4v) is 3.39. The molecule has 1 aliphatic carbocycles. The molecule has 0 spiro atoms. The molecule has 0 radical (unpaired) electrons. The summed E-state index contributed by atoms with van der Waals surface area (Å²) in [6, 6.07) is 7.39. The molecule has 2 aromatic rings. The number of carboxylic acids is 1. The molecule has 1 aromatic heterocycles. The average Bonchev–Trinajstić information content (AvgIpc) is 3.07. The van der Waals surface area contributed by atoms with Gasteiger partial charge < -0.3 is 14.8 Å². The highest BCUT2D eigenvalue weighted by molar-refractivity contribution is 5.94. The third-order valence-electron chi connectivity index (χ3n) is 5.09. The maximum Gasteiger partial charge on any atom is 0.331 e. The van der Waals surface area contributed by atoms with Crippen molar-refractivity contribution >= 4 is 11.5 Å². The number of phenols is 1. The summed E-state index contributed by atoms with van der Waals surface area (Å²) in [5.74, 6) is 0.132. The van der Waals surface area contributed by atoms with Crippen molar-refractivity contribution in [2.24, 2.45) is 0 Å². The maximum atomic E-state index is 11.3. The van der Waals surface area contributed by atoms with Crippen LogP contribution in [0.25, 0.3) is 17.0 Å². The fourth-order valence-electron chi connectivity index (χ4n) is 3.39. The van der Waals surface area contributed by atoms with Crippen molar-refractivity contribution in [3.8, 4) is 17.1 Å². The van der Waals surface area contributed by atoms with Crippen LogP contribution in [-0.2, 0) is 4.79 Å². The molecule has 0 aliphatic heterocycles. The number of aromatic hydroxyl groups is 1. The van der Waals surface area contributed by atoms with Crippen molar-refractivity contribution in [2.75, 3.05) is 0 Å². The first kappa shape index (κ1) is 17.3. The summed E-state index contributed by atoms with van der Waals surface area (Å²) in [5.41, 5.74) is 2.62. The van der Waals surface area contributed by atoms with E-state index in [1.165, 1.54) is 19.3 Å². The first-order chi connectivity index (χ1) is 12.0. The Hall–Kier alpha value is -2.56. The summed E-state index contributed by atoms with van der Waals surface area (Å²) in [7, 11) is 0. The number of hydrogen-bond donors (Lipinski definition) is 2. The van der Waals surface area contributed by atoms with Gasteiger partial charge in [-0.3, -0.25) is 0 Å². The zero-order chi connectivity index (χ0) is 18.0. The van der Waals surface area contributed by atoms with E-state index in [1.807, 2.05) is 18.3 Å². The fraction of sp³-hybridized carbons (Fsp3) is 0.400. The molecule has 0 bridgehead atoms. The van der Waals surface area contributed by atoms with Gasteiger partial charge in [0.2, 0.25) is 0 Å². The van der Waals surface area contributed by atoms with Crippen molar-refractivity contribution in [3.05, 3.63) is 41.7 Å². The van der Waals surface area contributed by atoms with Gasteiger partial charge in [0.1, 0.15) is 11.6 Å². The monoisotopic (exact) mass is 340 g/mol. The van der Waals surface area contributed by atoms with E-state index in [2.05, 4.69) is 4.57 Å². The van der Waals surface area contributed by atoms with E-state index < -0.39 is 5.97 Å². The largest absolute Gasteiger partial charge is 0.508 e. The summed E-state index contributed by atoms with van der Waals surface area (Å²) >= 11 is 0. The van der Waals surface area contributed by atoms with E-state index in [-0.39, 0.29) is 5.75 Å². The number of imidazole rings is 1. The number of phenolic OH excluding ortho intramolecular Hbond substituents is 1. The molecule has 1 aromatic carbocycles. The lowest BCUT2D eigenvalue weighted by Gasteiger charge is -2.24. The number of carboxylic acid groups (broad SMARTS) is 1. The van der Waals surface area contributed by atoms with Gasteiger partial charge in [-0.1, -0.05) is 19.3 Å². The predicted octanol–water partition coefficient (Wildman–Crippen LogP) is 4.64. The van der Waals surface area contributed by atoms with Gasteiger partial charge in [0, 0.05) is 23.4 Å². The van der Waals surface area contributed by atoms with E-state index in [9.17, 15) is 15.0 Å². The quantitative estimate of drug-likeness (QED) is 0.795. The van der Waals surface area contributed by atoms with Crippen molar-refractivity contribution in [1.82, 2.24) is 9.55 Å². The molecule has 0 amide bonds. The predicted molar refractivity (Wildman–Crippen MR) is 97.4 cm³/mol. The number of hydrogen-bond acceptors (Lipinski definition) is 3. The summed E-state index contributed by atoms with van der Waals surface area (Å²) < 4.78 is 2.19. The Bertz CT molecular complexity index is 797. The third-order valence-corrected chi connectivity index (χ3v) is 5.09. The van der Waals surface area contributed by atoms with Crippen LogP contribution >= 0.6 is 0 Å². The molecule has 0 atom stereocenters. The van der Waals surface area contributed by atoms with E-state index in [1.54, 1.807) is 26.0 Å². The smallest absolute Gasteiger partial charge is 0.331 e. The Morgan fingerprint density at radius 2 is 1.76 bits per heavy atom. The Kier molecular flexibility index (Phi) is 4.93. The van der Waals surface area contributed by atoms with Gasteiger partial charge in [0.15, 0.2) is 0 Å². The summed E-state index contributed by atoms with van der Waals surface area (Å²) in [5, 5.41) is 18.8. The number of rotatable bonds is 4. The van der Waals surface area contributed by atoms with Gasteiger partial charge in [0.25, 0.3) is 0 Å². The van der Waals surface area contributed by atoms with Crippen LogP contribution in [0.5, 0.6) is 5.75 Å². The standard InChI is InChI=1S/C20H24N2O3/c1-13(14(2)20(24)25)18-12-22(16-6-4-3-5-7-16)19(21-18)15-8-10-17(23)11-9-15/h8-12,16,23H,3-7H2,1-2H3,(H,24,25)/b14-13+. The topological polar surface area (TPSA) is 75.3 Å². The van der Waals surface area contributed by atoms with Crippen molar-refractivity contribution < 1.29 is 15.0 Å². The highest BCUT2D eigenvalue weighted by atomic mass is 16.4. The number of benzene rings is 1. The second-order valence-corrected chi connectivity index (χ2v) is 6.75. The molecule has 5 heteroatoms. The molecule has 0 unspecified atom stereocenters. The lowest BCUT2D eigenvalue weighted by atomic mass is 9.95. The van der Waals surface area contributed by atoms with Gasteiger partial charge in [-0.05, 0) is 56.5 Å². The van der Waals surface area contributed by atoms with E-state index in [0.717, 1.165) is 24.2 Å². The maximum absolute atomic E-state index is 11.3. The minimum absolute atomic E-state index is 0.220. The van der Waals surface area contributed by atoms with Crippen molar-refractivity contribution in [3.63, 3.8) is 0 Å². The Labute approximate surface area is 147 Å². The molecule has 2 N–H and O–H groups in total. The SMILES string of the molecule is C/C(C(=O)O)=C(/C)c1cn(C2CCCCC2)c(-c2ccc(O)cc2)n1. The van der Waals surface area contributed by atoms with Crippen LogP contribution in [0.3, 0.4) is 0 Å². The number of carbonyl (C=O) groups is 1. The van der Waals surface area contributed by atoms with Gasteiger partial charge in [-0.2, -0.15) is 0 Å². The van der Waals surface area contributed by atoms with Crippen LogP contribution < -0.4 is 0 Å². The molecule has 5 nitrogen and oxygen atoms in total. The van der Waals surface area contributed by atoms with Crippen LogP contribution in [0.2, 0.25) is 0 Å². The molecular formula is C20H24N2O3. The Morgan fingerprint density at radius 3 is 2.36 bits per heavy atom. The molecule has 1 fully saturated rings. The number of nitrogens with zero attached hydrogens (tertiary/aromatic N) is 2. The first-order valence-corrected chi connectivity index (χ1v) is 8.77. The van der Waals surface area contributed by atoms with Crippen LogP contribution in [-0.4, -0.2) is 25.7 Å². The van der Waals surface area contributed by atoms with Crippen molar-refractivity contribution in [2.45, 2.75) is 52.0 Å². The van der Waals surface area contributed by atoms with Crippen LogP contribution in [0.4, 0.5) is 0 Å². The third kappa shape index (κ3) is 3.60. The van der Waals surface area contributed by atoms with Gasteiger partial charge >= 0.3 is 5.97 Å². The first-order valence-electron chi connectivity index (χ1n) is 8.77. The van der Waals surface area contributed by atoms with Crippen LogP contribution in [0.15, 0.2) is 36.0 Å². The van der Waals surface area contributed by atoms with Gasteiger partial charge in [0.05, 0.1) is 5.69 Å². The second kappa shape index (κ2) is 7.13. The molecule has 1 saturated carbocycles. The molecular weight excluding hydrogens is 316 g/mol. The van der Waals surface area contributed by atoms with Crippen molar-refractivity contribution in [1.29, 1.82) is 0 Å². The molecule has 1 aliphatic rings. The lowest BCUT2D eigenvalue weighted by Crippen LogP contribution is -2.13.